The fourth-order valence-corrected chi connectivity index (χ4v) is 2.35. The number of carbonyl (C=O) groups is 1. The number of carbonyl (C=O) groups excluding carboxylic acids is 1. The summed E-state index contributed by atoms with van der Waals surface area (Å²) in [6.07, 6.45) is 3.05. The van der Waals surface area contributed by atoms with Crippen LogP contribution in [0.5, 0.6) is 0 Å². The maximum Gasteiger partial charge on any atom is 0.410 e. The van der Waals surface area contributed by atoms with Crippen molar-refractivity contribution in [3.05, 3.63) is 0 Å². The van der Waals surface area contributed by atoms with Crippen LogP contribution < -0.4 is 0 Å². The molecule has 88 valence electrons. The van der Waals surface area contributed by atoms with Crippen molar-refractivity contribution < 1.29 is 9.53 Å². The first kappa shape index (κ1) is 12.8. The van der Waals surface area contributed by atoms with Gasteiger partial charge < -0.3 is 9.64 Å². The third kappa shape index (κ3) is 4.01. The lowest BCUT2D eigenvalue weighted by atomic mass is 10.2. The third-order valence-corrected chi connectivity index (χ3v) is 2.91. The lowest BCUT2D eigenvalue weighted by Crippen LogP contribution is -2.39. The van der Waals surface area contributed by atoms with Gasteiger partial charge >= 0.3 is 6.09 Å². The summed E-state index contributed by atoms with van der Waals surface area (Å²) in [6, 6.07) is 0.360. The smallest absolute Gasteiger partial charge is 0.410 e. The molecule has 1 atom stereocenters. The highest BCUT2D eigenvalue weighted by molar-refractivity contribution is 9.09. The van der Waals surface area contributed by atoms with Gasteiger partial charge in [0.15, 0.2) is 0 Å². The Kier molecular flexibility index (Phi) is 4.44. The standard InChI is InChI=1S/C11H20BrNO2/c1-11(2,3)15-10(14)13-8-4-5-9(13)6-7-12/h9H,4-8H2,1-3H3/t9-/m1/s1. The number of halogens is 1. The zero-order chi connectivity index (χ0) is 11.5. The van der Waals surface area contributed by atoms with Crippen LogP contribution in [0, 0.1) is 0 Å². The molecule has 4 heteroatoms. The van der Waals surface area contributed by atoms with Crippen molar-refractivity contribution in [2.45, 2.75) is 51.7 Å². The molecule has 0 aromatic carbocycles. The minimum Gasteiger partial charge on any atom is -0.444 e. The molecule has 0 unspecified atom stereocenters. The van der Waals surface area contributed by atoms with Gasteiger partial charge in [-0.05, 0) is 40.0 Å². The molecule has 0 N–H and O–H groups in total. The minimum absolute atomic E-state index is 0.161. The van der Waals surface area contributed by atoms with Crippen LogP contribution in [0.4, 0.5) is 4.79 Å². The van der Waals surface area contributed by atoms with Gasteiger partial charge in [-0.2, -0.15) is 0 Å². The highest BCUT2D eigenvalue weighted by atomic mass is 79.9. The van der Waals surface area contributed by atoms with Crippen LogP contribution in [-0.2, 0) is 4.74 Å². The SMILES string of the molecule is CC(C)(C)OC(=O)N1CCC[C@@H]1CCBr. The Hall–Kier alpha value is -0.250. The predicted octanol–water partition coefficient (Wildman–Crippen LogP) is 3.17. The molecule has 0 aromatic heterocycles. The van der Waals surface area contributed by atoms with Gasteiger partial charge in [-0.15, -0.1) is 0 Å². The molecule has 1 aliphatic rings. The van der Waals surface area contributed by atoms with Crippen molar-refractivity contribution in [2.24, 2.45) is 0 Å². The highest BCUT2D eigenvalue weighted by Gasteiger charge is 2.31. The molecule has 1 fully saturated rings. The number of hydrogen-bond donors (Lipinski definition) is 0. The minimum atomic E-state index is -0.390. The zero-order valence-electron chi connectivity index (χ0n) is 9.75. The van der Waals surface area contributed by atoms with Crippen LogP contribution in [0.3, 0.4) is 0 Å². The van der Waals surface area contributed by atoms with Crippen molar-refractivity contribution in [1.29, 1.82) is 0 Å². The van der Waals surface area contributed by atoms with Crippen LogP contribution in [-0.4, -0.2) is 34.5 Å². The van der Waals surface area contributed by atoms with Gasteiger partial charge in [-0.1, -0.05) is 15.9 Å². The normalized spacial score (nSPS) is 21.9. The maximum absolute atomic E-state index is 11.8. The van der Waals surface area contributed by atoms with E-state index in [0.717, 1.165) is 31.1 Å². The number of hydrogen-bond acceptors (Lipinski definition) is 2. The van der Waals surface area contributed by atoms with Gasteiger partial charge in [-0.25, -0.2) is 4.79 Å². The molecule has 3 nitrogen and oxygen atoms in total. The van der Waals surface area contributed by atoms with E-state index in [1.807, 2.05) is 25.7 Å². The zero-order valence-corrected chi connectivity index (χ0v) is 11.3. The first-order valence-electron chi connectivity index (χ1n) is 5.49. The summed E-state index contributed by atoms with van der Waals surface area (Å²) in [7, 11) is 0. The highest BCUT2D eigenvalue weighted by Crippen LogP contribution is 2.23. The van der Waals surface area contributed by atoms with Crippen molar-refractivity contribution in [2.75, 3.05) is 11.9 Å². The average molecular weight is 278 g/mol. The number of likely N-dealkylation sites (tertiary alicyclic amines) is 1. The Balaban J connectivity index is 2.51. The molecule has 0 bridgehead atoms. The molecule has 0 spiro atoms. The first-order valence-corrected chi connectivity index (χ1v) is 6.62. The first-order chi connectivity index (χ1) is 6.94. The topological polar surface area (TPSA) is 29.5 Å². The molecule has 1 rings (SSSR count). The van der Waals surface area contributed by atoms with Crippen LogP contribution in [0.2, 0.25) is 0 Å². The number of nitrogens with zero attached hydrogens (tertiary/aromatic N) is 1. The van der Waals surface area contributed by atoms with Crippen LogP contribution >= 0.6 is 15.9 Å². The number of rotatable bonds is 2. The Morgan fingerprint density at radius 3 is 2.73 bits per heavy atom. The van der Waals surface area contributed by atoms with Gasteiger partial charge in [-0.3, -0.25) is 0 Å². The molecule has 0 aromatic rings. The quantitative estimate of drug-likeness (QED) is 0.726. The monoisotopic (exact) mass is 277 g/mol. The summed E-state index contributed by atoms with van der Waals surface area (Å²) in [4.78, 5) is 13.7. The molecule has 0 aliphatic carbocycles. The molecule has 1 heterocycles. The molecule has 1 aliphatic heterocycles. The van der Waals surface area contributed by atoms with Crippen LogP contribution in [0.1, 0.15) is 40.0 Å². The Bertz CT molecular complexity index is 225. The van der Waals surface area contributed by atoms with Gasteiger partial charge in [0.2, 0.25) is 0 Å². The van der Waals surface area contributed by atoms with Gasteiger partial charge in [0.05, 0.1) is 0 Å². The van der Waals surface area contributed by atoms with Gasteiger partial charge in [0.1, 0.15) is 5.60 Å². The Morgan fingerprint density at radius 2 is 2.20 bits per heavy atom. The summed E-state index contributed by atoms with van der Waals surface area (Å²) in [5.74, 6) is 0. The lowest BCUT2D eigenvalue weighted by molar-refractivity contribution is 0.0225. The second-order valence-electron chi connectivity index (χ2n) is 4.95. The van der Waals surface area contributed by atoms with E-state index in [2.05, 4.69) is 15.9 Å². The Labute approximate surface area is 100 Å². The van der Waals surface area contributed by atoms with Crippen LogP contribution in [0.15, 0.2) is 0 Å². The second-order valence-corrected chi connectivity index (χ2v) is 5.74. The van der Waals surface area contributed by atoms with Crippen molar-refractivity contribution in [3.8, 4) is 0 Å². The molecule has 0 radical (unpaired) electrons. The summed E-state index contributed by atoms with van der Waals surface area (Å²) in [6.45, 7) is 6.55. The fraction of sp³-hybridized carbons (Fsp3) is 0.909. The van der Waals surface area contributed by atoms with E-state index in [4.69, 9.17) is 4.74 Å². The van der Waals surface area contributed by atoms with E-state index in [-0.39, 0.29) is 6.09 Å². The van der Waals surface area contributed by atoms with E-state index in [1.54, 1.807) is 0 Å². The molecule has 1 amide bonds. The summed E-state index contributed by atoms with van der Waals surface area (Å²) >= 11 is 3.42. The van der Waals surface area contributed by atoms with Crippen molar-refractivity contribution in [1.82, 2.24) is 4.90 Å². The predicted molar refractivity (Wildman–Crippen MR) is 64.4 cm³/mol. The van der Waals surface area contributed by atoms with Gasteiger partial charge in [0.25, 0.3) is 0 Å². The van der Waals surface area contributed by atoms with Crippen LogP contribution in [0.25, 0.3) is 0 Å². The second kappa shape index (κ2) is 5.19. The van der Waals surface area contributed by atoms with E-state index in [0.29, 0.717) is 6.04 Å². The summed E-state index contributed by atoms with van der Waals surface area (Å²) in [5, 5.41) is 0.941. The molecular formula is C11H20BrNO2. The van der Waals surface area contributed by atoms with E-state index >= 15 is 0 Å². The van der Waals surface area contributed by atoms with Crippen molar-refractivity contribution >= 4 is 22.0 Å². The number of ether oxygens (including phenoxy) is 1. The molecular weight excluding hydrogens is 258 g/mol. The Morgan fingerprint density at radius 1 is 1.53 bits per heavy atom. The van der Waals surface area contributed by atoms with E-state index in [1.165, 1.54) is 0 Å². The number of amides is 1. The maximum atomic E-state index is 11.8. The largest absolute Gasteiger partial charge is 0.444 e. The average Bonchev–Trinajstić information content (AvgIpc) is 2.49. The fourth-order valence-electron chi connectivity index (χ4n) is 1.82. The molecule has 1 saturated heterocycles. The lowest BCUT2D eigenvalue weighted by Gasteiger charge is -2.28. The summed E-state index contributed by atoms with van der Waals surface area (Å²) in [5.41, 5.74) is -0.390. The number of alkyl halides is 1. The van der Waals surface area contributed by atoms with Crippen molar-refractivity contribution in [3.63, 3.8) is 0 Å². The molecule has 15 heavy (non-hydrogen) atoms. The van der Waals surface area contributed by atoms with E-state index < -0.39 is 5.60 Å². The van der Waals surface area contributed by atoms with E-state index in [9.17, 15) is 4.79 Å². The summed E-state index contributed by atoms with van der Waals surface area (Å²) < 4.78 is 5.37. The van der Waals surface area contributed by atoms with Gasteiger partial charge in [0, 0.05) is 17.9 Å². The third-order valence-electron chi connectivity index (χ3n) is 2.45. The molecule has 0 saturated carbocycles.